The van der Waals surface area contributed by atoms with Crippen LogP contribution in [0.4, 0.5) is 11.4 Å². The molecule has 0 saturated heterocycles. The number of nitrogens with zero attached hydrogens (tertiary/aromatic N) is 2. The van der Waals surface area contributed by atoms with Gasteiger partial charge in [0.25, 0.3) is 0 Å². The Kier molecular flexibility index (Phi) is 1.67. The van der Waals surface area contributed by atoms with Crippen molar-refractivity contribution in [2.24, 2.45) is 0 Å². The van der Waals surface area contributed by atoms with Crippen LogP contribution in [0.5, 0.6) is 0 Å². The molecule has 68 valence electrons. The summed E-state index contributed by atoms with van der Waals surface area (Å²) in [6, 6.07) is 7.89. The third kappa shape index (κ3) is 1.15. The van der Waals surface area contributed by atoms with Crippen molar-refractivity contribution in [3.63, 3.8) is 0 Å². The van der Waals surface area contributed by atoms with Crippen molar-refractivity contribution in [3.05, 3.63) is 36.7 Å². The van der Waals surface area contributed by atoms with Crippen LogP contribution < -0.4 is 5.32 Å². The fourth-order valence-electron chi connectivity index (χ4n) is 1.37. The molecule has 3 heterocycles. The summed E-state index contributed by atoms with van der Waals surface area (Å²) in [5, 5.41) is 5.26. The molecule has 0 spiro atoms. The van der Waals surface area contributed by atoms with Crippen molar-refractivity contribution in [1.82, 2.24) is 9.97 Å². The third-order valence-corrected chi connectivity index (χ3v) is 3.04. The van der Waals surface area contributed by atoms with Crippen LogP contribution in [0.2, 0.25) is 0 Å². The first-order chi connectivity index (χ1) is 6.93. The molecule has 0 atom stereocenters. The lowest BCUT2D eigenvalue weighted by Gasteiger charge is -2.17. The summed E-state index contributed by atoms with van der Waals surface area (Å²) in [5.41, 5.74) is 2.11. The van der Waals surface area contributed by atoms with Crippen LogP contribution >= 0.6 is 11.8 Å². The lowest BCUT2D eigenvalue weighted by Crippen LogP contribution is -2.01. The number of anilines is 2. The number of nitrogens with one attached hydrogen (secondary N) is 1. The Morgan fingerprint density at radius 2 is 1.50 bits per heavy atom. The van der Waals surface area contributed by atoms with Crippen LogP contribution in [0.15, 0.2) is 46.7 Å². The van der Waals surface area contributed by atoms with Gasteiger partial charge in [-0.1, -0.05) is 0 Å². The summed E-state index contributed by atoms with van der Waals surface area (Å²) in [6.07, 6.45) is 3.59. The highest BCUT2D eigenvalue weighted by molar-refractivity contribution is 7.99. The Morgan fingerprint density at radius 3 is 2.07 bits per heavy atom. The summed E-state index contributed by atoms with van der Waals surface area (Å²) < 4.78 is 0. The molecule has 1 N–H and O–H groups in total. The van der Waals surface area contributed by atoms with Crippen LogP contribution in [0, 0.1) is 0 Å². The highest BCUT2D eigenvalue weighted by Gasteiger charge is 2.16. The Hall–Kier alpha value is -1.55. The molecule has 3 rings (SSSR count). The van der Waals surface area contributed by atoms with Gasteiger partial charge < -0.3 is 5.32 Å². The zero-order valence-corrected chi connectivity index (χ0v) is 8.08. The fraction of sp³-hybridized carbons (Fsp3) is 0. The quantitative estimate of drug-likeness (QED) is 0.606. The molecule has 1 aliphatic heterocycles. The van der Waals surface area contributed by atoms with E-state index in [0.717, 1.165) is 21.4 Å². The van der Waals surface area contributed by atoms with Crippen LogP contribution in [-0.2, 0) is 0 Å². The number of fused-ring (bicyclic) bond motifs is 2. The lowest BCUT2D eigenvalue weighted by molar-refractivity contribution is 1.07. The zero-order chi connectivity index (χ0) is 9.38. The fourth-order valence-corrected chi connectivity index (χ4v) is 2.24. The molecule has 2 aromatic heterocycles. The lowest BCUT2D eigenvalue weighted by atomic mass is 10.3. The first-order valence-electron chi connectivity index (χ1n) is 4.28. The standard InChI is InChI=1S/C10H7N3S/c1-3-7-9(11-5-1)14-10-8(13-7)4-2-6-12-10/h1-6,13H. The van der Waals surface area contributed by atoms with E-state index in [-0.39, 0.29) is 0 Å². The molecule has 0 bridgehead atoms. The molecule has 0 aliphatic carbocycles. The van der Waals surface area contributed by atoms with Gasteiger partial charge in [0.05, 0.1) is 11.4 Å². The monoisotopic (exact) mass is 201 g/mol. The second kappa shape index (κ2) is 2.99. The normalized spacial score (nSPS) is 12.6. The summed E-state index contributed by atoms with van der Waals surface area (Å²) in [7, 11) is 0. The molecular weight excluding hydrogens is 194 g/mol. The van der Waals surface area contributed by atoms with Crippen molar-refractivity contribution in [1.29, 1.82) is 0 Å². The number of hydrogen-bond donors (Lipinski definition) is 1. The molecule has 0 unspecified atom stereocenters. The first kappa shape index (κ1) is 7.82. The van der Waals surface area contributed by atoms with E-state index in [1.807, 2.05) is 24.3 Å². The minimum Gasteiger partial charge on any atom is -0.351 e. The molecule has 4 heteroatoms. The topological polar surface area (TPSA) is 37.8 Å². The van der Waals surface area contributed by atoms with E-state index in [1.165, 1.54) is 0 Å². The highest BCUT2D eigenvalue weighted by Crippen LogP contribution is 2.40. The van der Waals surface area contributed by atoms with Crippen molar-refractivity contribution in [3.8, 4) is 0 Å². The number of rotatable bonds is 0. The van der Waals surface area contributed by atoms with Gasteiger partial charge in [0.2, 0.25) is 0 Å². The van der Waals surface area contributed by atoms with E-state index in [1.54, 1.807) is 24.2 Å². The Labute approximate surface area is 85.6 Å². The number of pyridine rings is 2. The average molecular weight is 201 g/mol. The first-order valence-corrected chi connectivity index (χ1v) is 5.10. The van der Waals surface area contributed by atoms with Crippen LogP contribution in [0.3, 0.4) is 0 Å². The summed E-state index contributed by atoms with van der Waals surface area (Å²) in [6.45, 7) is 0. The summed E-state index contributed by atoms with van der Waals surface area (Å²) in [5.74, 6) is 0. The highest BCUT2D eigenvalue weighted by atomic mass is 32.2. The van der Waals surface area contributed by atoms with Crippen molar-refractivity contribution >= 4 is 23.1 Å². The zero-order valence-electron chi connectivity index (χ0n) is 7.27. The molecule has 3 nitrogen and oxygen atoms in total. The molecule has 0 saturated carbocycles. The Balaban J connectivity index is 2.12. The second-order valence-electron chi connectivity index (χ2n) is 2.94. The number of aromatic nitrogens is 2. The van der Waals surface area contributed by atoms with Gasteiger partial charge in [0.15, 0.2) is 0 Å². The SMILES string of the molecule is c1cnc2c(c1)Nc1cccnc1S2. The molecule has 0 aromatic carbocycles. The van der Waals surface area contributed by atoms with Crippen LogP contribution in [-0.4, -0.2) is 9.97 Å². The van der Waals surface area contributed by atoms with Crippen LogP contribution in [0.1, 0.15) is 0 Å². The minimum atomic E-state index is 0.985. The van der Waals surface area contributed by atoms with Crippen molar-refractivity contribution in [2.45, 2.75) is 10.1 Å². The predicted octanol–water partition coefficient (Wildman–Crippen LogP) is 2.68. The van der Waals surface area contributed by atoms with Gasteiger partial charge in [-0.3, -0.25) is 0 Å². The average Bonchev–Trinajstić information content (AvgIpc) is 2.26. The summed E-state index contributed by atoms with van der Waals surface area (Å²) >= 11 is 1.60. The maximum Gasteiger partial charge on any atom is 0.126 e. The van der Waals surface area contributed by atoms with E-state index in [9.17, 15) is 0 Å². The molecule has 1 aliphatic rings. The molecular formula is C10H7N3S. The maximum absolute atomic E-state index is 4.28. The van der Waals surface area contributed by atoms with E-state index in [4.69, 9.17) is 0 Å². The maximum atomic E-state index is 4.28. The minimum absolute atomic E-state index is 0.985. The molecule has 14 heavy (non-hydrogen) atoms. The Bertz CT molecular complexity index is 397. The van der Waals surface area contributed by atoms with Crippen LogP contribution in [0.25, 0.3) is 0 Å². The largest absolute Gasteiger partial charge is 0.351 e. The van der Waals surface area contributed by atoms with E-state index in [2.05, 4.69) is 15.3 Å². The van der Waals surface area contributed by atoms with Gasteiger partial charge >= 0.3 is 0 Å². The number of hydrogen-bond acceptors (Lipinski definition) is 4. The molecule has 2 aromatic rings. The molecule has 0 radical (unpaired) electrons. The van der Waals surface area contributed by atoms with Gasteiger partial charge in [-0.2, -0.15) is 0 Å². The van der Waals surface area contributed by atoms with Gasteiger partial charge in [-0.15, -0.1) is 0 Å². The Morgan fingerprint density at radius 1 is 0.929 bits per heavy atom. The van der Waals surface area contributed by atoms with Gasteiger partial charge in [-0.25, -0.2) is 9.97 Å². The third-order valence-electron chi connectivity index (χ3n) is 2.00. The van der Waals surface area contributed by atoms with Gasteiger partial charge in [-0.05, 0) is 36.0 Å². The summed E-state index contributed by atoms with van der Waals surface area (Å²) in [4.78, 5) is 8.56. The smallest absolute Gasteiger partial charge is 0.126 e. The van der Waals surface area contributed by atoms with Gasteiger partial charge in [0, 0.05) is 12.4 Å². The predicted molar refractivity (Wildman–Crippen MR) is 55.9 cm³/mol. The van der Waals surface area contributed by atoms with E-state index < -0.39 is 0 Å². The van der Waals surface area contributed by atoms with E-state index in [0.29, 0.717) is 0 Å². The molecule has 0 amide bonds. The second-order valence-corrected chi connectivity index (χ2v) is 3.92. The van der Waals surface area contributed by atoms with E-state index >= 15 is 0 Å². The van der Waals surface area contributed by atoms with Crippen molar-refractivity contribution in [2.75, 3.05) is 5.32 Å². The molecule has 0 fully saturated rings. The van der Waals surface area contributed by atoms with Crippen molar-refractivity contribution < 1.29 is 0 Å². The van der Waals surface area contributed by atoms with Gasteiger partial charge in [0.1, 0.15) is 10.1 Å².